The number of carbonyl (C=O) groups excluding carboxylic acids is 3. The van der Waals surface area contributed by atoms with E-state index >= 15 is 0 Å². The predicted molar refractivity (Wildman–Crippen MR) is 128 cm³/mol. The van der Waals surface area contributed by atoms with Gasteiger partial charge in [0.25, 0.3) is 0 Å². The van der Waals surface area contributed by atoms with E-state index < -0.39 is 23.8 Å². The van der Waals surface area contributed by atoms with Crippen LogP contribution in [0.1, 0.15) is 48.4 Å². The van der Waals surface area contributed by atoms with Crippen LogP contribution in [-0.4, -0.2) is 23.8 Å². The first kappa shape index (κ1) is 23.7. The number of carbonyl (C=O) groups is 3. The van der Waals surface area contributed by atoms with Crippen molar-refractivity contribution in [1.29, 1.82) is 0 Å². The summed E-state index contributed by atoms with van der Waals surface area (Å²) >= 11 is 0. The summed E-state index contributed by atoms with van der Waals surface area (Å²) in [5.74, 6) is -1.72. The number of hydrogen-bond acceptors (Lipinski definition) is 3. The van der Waals surface area contributed by atoms with Gasteiger partial charge in [0.2, 0.25) is 17.7 Å². The first-order chi connectivity index (χ1) is 16.0. The zero-order chi connectivity index (χ0) is 23.6. The molecule has 3 rings (SSSR count). The summed E-state index contributed by atoms with van der Waals surface area (Å²) in [5.41, 5.74) is 8.42. The minimum atomic E-state index is -0.950. The predicted octanol–water partition coefficient (Wildman–Crippen LogP) is 3.45. The first-order valence-corrected chi connectivity index (χ1v) is 11.0. The smallest absolute Gasteiger partial charge is 0.240 e. The van der Waals surface area contributed by atoms with Gasteiger partial charge in [0.05, 0.1) is 6.04 Å². The van der Waals surface area contributed by atoms with Crippen LogP contribution in [0.4, 0.5) is 0 Å². The van der Waals surface area contributed by atoms with Crippen LogP contribution in [0.5, 0.6) is 0 Å². The molecule has 170 valence electrons. The maximum Gasteiger partial charge on any atom is 0.240 e. The van der Waals surface area contributed by atoms with Crippen molar-refractivity contribution in [2.24, 2.45) is 5.73 Å². The van der Waals surface area contributed by atoms with Crippen LogP contribution < -0.4 is 16.4 Å². The highest BCUT2D eigenvalue weighted by Crippen LogP contribution is 2.28. The van der Waals surface area contributed by atoms with Gasteiger partial charge in [-0.2, -0.15) is 0 Å². The molecular weight excluding hydrogens is 414 g/mol. The van der Waals surface area contributed by atoms with Crippen LogP contribution in [0.25, 0.3) is 0 Å². The summed E-state index contributed by atoms with van der Waals surface area (Å²) in [6, 6.07) is 27.4. The Bertz CT molecular complexity index is 1020. The maximum atomic E-state index is 12.7. The van der Waals surface area contributed by atoms with Gasteiger partial charge in [-0.05, 0) is 23.6 Å². The highest BCUT2D eigenvalue weighted by atomic mass is 16.2. The van der Waals surface area contributed by atoms with Gasteiger partial charge < -0.3 is 16.4 Å². The topological polar surface area (TPSA) is 101 Å². The molecular formula is C27H29N3O3. The molecule has 0 aliphatic rings. The molecule has 3 aromatic rings. The molecule has 0 bridgehead atoms. The third-order valence-electron chi connectivity index (χ3n) is 5.53. The number of amides is 3. The number of rotatable bonds is 10. The molecule has 0 aliphatic heterocycles. The van der Waals surface area contributed by atoms with Gasteiger partial charge in [0.15, 0.2) is 0 Å². The van der Waals surface area contributed by atoms with Crippen molar-refractivity contribution in [2.45, 2.75) is 37.8 Å². The minimum Gasteiger partial charge on any atom is -0.368 e. The average Bonchev–Trinajstić information content (AvgIpc) is 2.84. The van der Waals surface area contributed by atoms with Crippen molar-refractivity contribution in [3.05, 3.63) is 108 Å². The van der Waals surface area contributed by atoms with Gasteiger partial charge in [-0.25, -0.2) is 0 Å². The molecule has 3 aromatic carbocycles. The standard InChI is InChI=1S/C27H29N3O3/c1-19(20-11-5-2-6-12-20)29-23(31)17-18-24(32)30-26(27(28)33)25(21-13-7-3-8-14-21)22-15-9-4-10-16-22/h2-16,19,25-26H,17-18H2,1H3,(H2,28,33)(H,29,31)(H,30,32)/t19-,26-/m1/s1. The molecule has 0 aliphatic carbocycles. The van der Waals surface area contributed by atoms with Gasteiger partial charge in [-0.3, -0.25) is 14.4 Å². The first-order valence-electron chi connectivity index (χ1n) is 11.0. The van der Waals surface area contributed by atoms with Crippen molar-refractivity contribution in [3.8, 4) is 0 Å². The summed E-state index contributed by atoms with van der Waals surface area (Å²) in [4.78, 5) is 37.4. The van der Waals surface area contributed by atoms with E-state index in [1.54, 1.807) is 0 Å². The molecule has 0 fully saturated rings. The minimum absolute atomic E-state index is 0.00975. The third kappa shape index (κ3) is 6.77. The van der Waals surface area contributed by atoms with E-state index in [9.17, 15) is 14.4 Å². The van der Waals surface area contributed by atoms with Crippen molar-refractivity contribution < 1.29 is 14.4 Å². The highest BCUT2D eigenvalue weighted by Gasteiger charge is 2.30. The number of nitrogens with one attached hydrogen (secondary N) is 2. The van der Waals surface area contributed by atoms with Crippen LogP contribution in [0.3, 0.4) is 0 Å². The largest absolute Gasteiger partial charge is 0.368 e. The van der Waals surface area contributed by atoms with E-state index in [0.29, 0.717) is 0 Å². The molecule has 0 radical (unpaired) electrons. The lowest BCUT2D eigenvalue weighted by atomic mass is 9.84. The maximum absolute atomic E-state index is 12.7. The normalized spacial score (nSPS) is 12.5. The lowest BCUT2D eigenvalue weighted by Gasteiger charge is -2.27. The fourth-order valence-corrected chi connectivity index (χ4v) is 3.83. The second-order valence-electron chi connectivity index (χ2n) is 7.95. The summed E-state index contributed by atoms with van der Waals surface area (Å²) in [6.07, 6.45) is -0.0384. The quantitative estimate of drug-likeness (QED) is 0.447. The van der Waals surface area contributed by atoms with E-state index in [4.69, 9.17) is 5.73 Å². The van der Waals surface area contributed by atoms with Crippen LogP contribution in [0.15, 0.2) is 91.0 Å². The summed E-state index contributed by atoms with van der Waals surface area (Å²) in [5, 5.41) is 5.65. The lowest BCUT2D eigenvalue weighted by molar-refractivity contribution is -0.129. The Hall–Kier alpha value is -3.93. The molecule has 0 saturated carbocycles. The SMILES string of the molecule is C[C@@H](NC(=O)CCC(=O)N[C@@H](C(N)=O)C(c1ccccc1)c1ccccc1)c1ccccc1. The molecule has 6 nitrogen and oxygen atoms in total. The summed E-state index contributed by atoms with van der Waals surface area (Å²) in [7, 11) is 0. The van der Waals surface area contributed by atoms with Gasteiger partial charge in [0, 0.05) is 18.8 Å². The van der Waals surface area contributed by atoms with Gasteiger partial charge in [0.1, 0.15) is 6.04 Å². The van der Waals surface area contributed by atoms with Gasteiger partial charge >= 0.3 is 0 Å². The highest BCUT2D eigenvalue weighted by molar-refractivity contribution is 5.89. The zero-order valence-electron chi connectivity index (χ0n) is 18.6. The van der Waals surface area contributed by atoms with Crippen LogP contribution in [0, 0.1) is 0 Å². The molecule has 0 saturated heterocycles. The van der Waals surface area contributed by atoms with Crippen molar-refractivity contribution in [2.75, 3.05) is 0 Å². The van der Waals surface area contributed by atoms with Crippen molar-refractivity contribution in [3.63, 3.8) is 0 Å². The Labute approximate surface area is 194 Å². The van der Waals surface area contributed by atoms with E-state index in [1.165, 1.54) is 0 Å². The van der Waals surface area contributed by atoms with Crippen LogP contribution in [-0.2, 0) is 14.4 Å². The van der Waals surface area contributed by atoms with Gasteiger partial charge in [-0.1, -0.05) is 91.0 Å². The average molecular weight is 444 g/mol. The van der Waals surface area contributed by atoms with Crippen LogP contribution >= 0.6 is 0 Å². The van der Waals surface area contributed by atoms with Crippen molar-refractivity contribution >= 4 is 17.7 Å². The molecule has 2 atom stereocenters. The fraction of sp³-hybridized carbons (Fsp3) is 0.222. The second-order valence-corrected chi connectivity index (χ2v) is 7.95. The van der Waals surface area contributed by atoms with E-state index in [-0.39, 0.29) is 24.8 Å². The van der Waals surface area contributed by atoms with Gasteiger partial charge in [-0.15, -0.1) is 0 Å². The Kier molecular flexibility index (Phi) is 8.36. The Morgan fingerprint density at radius 2 is 1.06 bits per heavy atom. The molecule has 0 aromatic heterocycles. The number of nitrogens with two attached hydrogens (primary N) is 1. The molecule has 6 heteroatoms. The fourth-order valence-electron chi connectivity index (χ4n) is 3.83. The monoisotopic (exact) mass is 443 g/mol. The summed E-state index contributed by atoms with van der Waals surface area (Å²) < 4.78 is 0. The summed E-state index contributed by atoms with van der Waals surface area (Å²) in [6.45, 7) is 1.89. The number of primary amides is 1. The molecule has 3 amide bonds. The molecule has 0 unspecified atom stereocenters. The van der Waals surface area contributed by atoms with E-state index in [1.807, 2.05) is 97.9 Å². The Morgan fingerprint density at radius 1 is 0.667 bits per heavy atom. The number of benzene rings is 3. The molecule has 0 spiro atoms. The Balaban J connectivity index is 1.66. The third-order valence-corrected chi connectivity index (χ3v) is 5.53. The number of hydrogen-bond donors (Lipinski definition) is 3. The second kappa shape index (κ2) is 11.6. The van der Waals surface area contributed by atoms with E-state index in [2.05, 4.69) is 10.6 Å². The Morgan fingerprint density at radius 3 is 1.48 bits per heavy atom. The molecule has 0 heterocycles. The van der Waals surface area contributed by atoms with E-state index in [0.717, 1.165) is 16.7 Å². The lowest BCUT2D eigenvalue weighted by Crippen LogP contribution is -2.48. The van der Waals surface area contributed by atoms with Crippen molar-refractivity contribution in [1.82, 2.24) is 10.6 Å². The molecule has 33 heavy (non-hydrogen) atoms. The molecule has 4 N–H and O–H groups in total. The zero-order valence-corrected chi connectivity index (χ0v) is 18.6. The van der Waals surface area contributed by atoms with Crippen LogP contribution in [0.2, 0.25) is 0 Å².